The maximum absolute atomic E-state index is 12.4. The van der Waals surface area contributed by atoms with Gasteiger partial charge in [0.05, 0.1) is 35.7 Å². The number of rotatable bonds is 3. The van der Waals surface area contributed by atoms with Gasteiger partial charge in [-0.25, -0.2) is 0 Å². The molecular formula is C23H30ClN5O. The molecule has 7 heteroatoms. The summed E-state index contributed by atoms with van der Waals surface area (Å²) in [5.41, 5.74) is 8.46. The Morgan fingerprint density at radius 2 is 1.97 bits per heavy atom. The molecule has 2 unspecified atom stereocenters. The van der Waals surface area contributed by atoms with Gasteiger partial charge in [-0.3, -0.25) is 14.5 Å². The van der Waals surface area contributed by atoms with Crippen molar-refractivity contribution < 1.29 is 4.79 Å². The van der Waals surface area contributed by atoms with Crippen LogP contribution in [0.15, 0.2) is 29.3 Å². The lowest BCUT2D eigenvalue weighted by atomic mass is 9.54. The topological polar surface area (TPSA) is 76.5 Å². The Morgan fingerprint density at radius 3 is 2.60 bits per heavy atom. The third kappa shape index (κ3) is 3.22. The molecule has 1 saturated carbocycles. The van der Waals surface area contributed by atoms with Crippen LogP contribution in [0.3, 0.4) is 0 Å². The van der Waals surface area contributed by atoms with Crippen molar-refractivity contribution in [2.45, 2.75) is 53.2 Å². The van der Waals surface area contributed by atoms with E-state index >= 15 is 0 Å². The summed E-state index contributed by atoms with van der Waals surface area (Å²) in [7, 11) is 0. The summed E-state index contributed by atoms with van der Waals surface area (Å²) in [6.07, 6.45) is 0. The number of aliphatic imine (C=N–C) groups is 1. The Morgan fingerprint density at radius 1 is 1.27 bits per heavy atom. The zero-order chi connectivity index (χ0) is 21.8. The van der Waals surface area contributed by atoms with E-state index in [2.05, 4.69) is 39.5 Å². The summed E-state index contributed by atoms with van der Waals surface area (Å²) in [5, 5.41) is 5.31. The number of fused-ring (bicyclic) bond motifs is 1. The summed E-state index contributed by atoms with van der Waals surface area (Å²) in [4.78, 5) is 19.8. The number of primary amides is 1. The first kappa shape index (κ1) is 20.9. The highest BCUT2D eigenvalue weighted by molar-refractivity contribution is 6.30. The third-order valence-electron chi connectivity index (χ3n) is 7.61. The Hall–Kier alpha value is -2.34. The van der Waals surface area contributed by atoms with Crippen LogP contribution in [0.2, 0.25) is 5.02 Å². The van der Waals surface area contributed by atoms with Gasteiger partial charge in [0.25, 0.3) is 5.91 Å². The number of benzene rings is 1. The van der Waals surface area contributed by atoms with Gasteiger partial charge in [0, 0.05) is 17.1 Å². The number of amidine groups is 1. The Bertz CT molecular complexity index is 1020. The van der Waals surface area contributed by atoms with Gasteiger partial charge >= 0.3 is 0 Å². The lowest BCUT2D eigenvalue weighted by molar-refractivity contribution is -0.000932. The Labute approximate surface area is 183 Å². The number of nitrogens with two attached hydrogens (primary N) is 1. The van der Waals surface area contributed by atoms with E-state index < -0.39 is 5.91 Å². The number of carbonyl (C=O) groups is 1. The zero-order valence-electron chi connectivity index (χ0n) is 18.3. The minimum absolute atomic E-state index is 0.0420. The van der Waals surface area contributed by atoms with E-state index in [1.165, 1.54) is 0 Å². The van der Waals surface area contributed by atoms with Crippen LogP contribution in [0.1, 0.15) is 50.7 Å². The number of hydrogen-bond donors (Lipinski definition) is 1. The monoisotopic (exact) mass is 427 g/mol. The molecule has 1 aromatic carbocycles. The van der Waals surface area contributed by atoms with Gasteiger partial charge < -0.3 is 10.6 Å². The van der Waals surface area contributed by atoms with Gasteiger partial charge in [0.15, 0.2) is 0 Å². The van der Waals surface area contributed by atoms with Gasteiger partial charge in [0.2, 0.25) is 0 Å². The molecule has 2 N–H and O–H groups in total. The van der Waals surface area contributed by atoms with Crippen LogP contribution in [-0.4, -0.2) is 38.5 Å². The molecule has 2 heterocycles. The number of hydrogen-bond acceptors (Lipinski definition) is 3. The fourth-order valence-electron chi connectivity index (χ4n) is 5.11. The van der Waals surface area contributed by atoms with Crippen molar-refractivity contribution in [2.24, 2.45) is 28.5 Å². The van der Waals surface area contributed by atoms with Crippen LogP contribution in [-0.2, 0) is 13.1 Å². The molecule has 1 aliphatic carbocycles. The highest BCUT2D eigenvalue weighted by atomic mass is 35.5. The Balaban J connectivity index is 1.67. The van der Waals surface area contributed by atoms with Crippen molar-refractivity contribution in [3.63, 3.8) is 0 Å². The molecule has 6 nitrogen and oxygen atoms in total. The number of amides is 1. The molecule has 160 valence electrons. The van der Waals surface area contributed by atoms with E-state index in [0.717, 1.165) is 23.6 Å². The van der Waals surface area contributed by atoms with Crippen LogP contribution < -0.4 is 5.73 Å². The number of nitrogens with zero attached hydrogens (tertiary/aromatic N) is 4. The fourth-order valence-corrected chi connectivity index (χ4v) is 5.30. The SMILES string of the molecule is CC(=NC1(C)C(C)C(C)C1C)N1CCn2nc(-c3cccc(Cl)c3)c(C(N)=O)c2C1. The number of carbonyl (C=O) groups excluding carboxylic acids is 1. The minimum atomic E-state index is -0.468. The first-order valence-corrected chi connectivity index (χ1v) is 11.0. The van der Waals surface area contributed by atoms with Crippen molar-refractivity contribution in [2.75, 3.05) is 6.54 Å². The van der Waals surface area contributed by atoms with Gasteiger partial charge in [-0.1, -0.05) is 44.5 Å². The average Bonchev–Trinajstić information content (AvgIpc) is 3.11. The molecule has 30 heavy (non-hydrogen) atoms. The smallest absolute Gasteiger partial charge is 0.252 e. The fraction of sp³-hybridized carbons (Fsp3) is 0.522. The van der Waals surface area contributed by atoms with E-state index in [9.17, 15) is 4.79 Å². The molecule has 0 saturated heterocycles. The molecule has 1 aliphatic heterocycles. The van der Waals surface area contributed by atoms with Crippen molar-refractivity contribution in [3.8, 4) is 11.3 Å². The van der Waals surface area contributed by atoms with Crippen LogP contribution in [0.4, 0.5) is 0 Å². The Kier molecular flexibility index (Phi) is 5.17. The maximum Gasteiger partial charge on any atom is 0.252 e. The van der Waals surface area contributed by atoms with E-state index in [4.69, 9.17) is 27.4 Å². The largest absolute Gasteiger partial charge is 0.365 e. The first-order valence-electron chi connectivity index (χ1n) is 10.6. The van der Waals surface area contributed by atoms with Crippen molar-refractivity contribution in [1.29, 1.82) is 0 Å². The summed E-state index contributed by atoms with van der Waals surface area (Å²) >= 11 is 6.16. The quantitative estimate of drug-likeness (QED) is 0.588. The molecule has 1 fully saturated rings. The second-order valence-electron chi connectivity index (χ2n) is 9.01. The summed E-state index contributed by atoms with van der Waals surface area (Å²) in [6.45, 7) is 13.2. The van der Waals surface area contributed by atoms with E-state index in [0.29, 0.717) is 47.1 Å². The zero-order valence-corrected chi connectivity index (χ0v) is 19.1. The highest BCUT2D eigenvalue weighted by Gasteiger charge is 2.52. The molecule has 0 spiro atoms. The van der Waals surface area contributed by atoms with E-state index in [1.54, 1.807) is 6.07 Å². The lowest BCUT2D eigenvalue weighted by Gasteiger charge is -2.55. The molecule has 1 amide bonds. The van der Waals surface area contributed by atoms with Crippen LogP contribution in [0, 0.1) is 17.8 Å². The van der Waals surface area contributed by atoms with Crippen LogP contribution >= 0.6 is 11.6 Å². The van der Waals surface area contributed by atoms with Gasteiger partial charge in [-0.2, -0.15) is 5.10 Å². The normalized spacial score (nSPS) is 28.8. The molecule has 4 rings (SSSR count). The number of halogens is 1. The molecule has 0 bridgehead atoms. The highest BCUT2D eigenvalue weighted by Crippen LogP contribution is 2.51. The standard InChI is InChI=1S/C23H30ClN5O/c1-13-14(2)23(5,15(13)3)26-16(4)28-9-10-29-19(12-28)20(22(25)30)21(27-29)17-7-6-8-18(24)11-17/h6-8,11,13-15H,9-10,12H2,1-5H3,(H2,25,30). The van der Waals surface area contributed by atoms with Crippen molar-refractivity contribution in [3.05, 3.63) is 40.5 Å². The summed E-state index contributed by atoms with van der Waals surface area (Å²) in [5.74, 6) is 2.32. The minimum Gasteiger partial charge on any atom is -0.365 e. The molecule has 2 aromatic rings. The summed E-state index contributed by atoms with van der Waals surface area (Å²) < 4.78 is 1.90. The molecular weight excluding hydrogens is 398 g/mol. The molecule has 2 atom stereocenters. The van der Waals surface area contributed by atoms with E-state index in [-0.39, 0.29) is 5.54 Å². The van der Waals surface area contributed by atoms with Crippen LogP contribution in [0.5, 0.6) is 0 Å². The van der Waals surface area contributed by atoms with E-state index in [1.807, 2.05) is 22.9 Å². The number of aromatic nitrogens is 2. The lowest BCUT2D eigenvalue weighted by Crippen LogP contribution is -2.57. The molecule has 0 radical (unpaired) electrons. The van der Waals surface area contributed by atoms with Crippen LogP contribution in [0.25, 0.3) is 11.3 Å². The third-order valence-corrected chi connectivity index (χ3v) is 7.84. The van der Waals surface area contributed by atoms with Gasteiger partial charge in [-0.05, 0) is 43.7 Å². The predicted octanol–water partition coefficient (Wildman–Crippen LogP) is 4.22. The van der Waals surface area contributed by atoms with Crippen molar-refractivity contribution in [1.82, 2.24) is 14.7 Å². The van der Waals surface area contributed by atoms with Gasteiger partial charge in [-0.15, -0.1) is 0 Å². The average molecular weight is 428 g/mol. The van der Waals surface area contributed by atoms with Crippen molar-refractivity contribution >= 4 is 23.3 Å². The first-order chi connectivity index (χ1) is 14.1. The van der Waals surface area contributed by atoms with Gasteiger partial charge in [0.1, 0.15) is 5.69 Å². The molecule has 1 aromatic heterocycles. The summed E-state index contributed by atoms with van der Waals surface area (Å²) in [6, 6.07) is 7.37. The second kappa shape index (κ2) is 7.41. The maximum atomic E-state index is 12.4. The second-order valence-corrected chi connectivity index (χ2v) is 9.45. The molecule has 2 aliphatic rings. The predicted molar refractivity (Wildman–Crippen MR) is 121 cm³/mol.